The van der Waals surface area contributed by atoms with E-state index in [0.29, 0.717) is 0 Å². The summed E-state index contributed by atoms with van der Waals surface area (Å²) in [4.78, 5) is 14.2. The van der Waals surface area contributed by atoms with E-state index in [1.165, 1.54) is 19.3 Å². The molecule has 4 aliphatic carbocycles. The second-order valence-electron chi connectivity index (χ2n) is 10.2. The van der Waals surface area contributed by atoms with Gasteiger partial charge in [0.2, 0.25) is 5.91 Å². The Morgan fingerprint density at radius 3 is 1.90 bits per heavy atom. The van der Waals surface area contributed by atoms with E-state index in [9.17, 15) is 4.79 Å². The van der Waals surface area contributed by atoms with Crippen molar-refractivity contribution in [2.45, 2.75) is 51.0 Å². The Morgan fingerprint density at radius 2 is 1.35 bits per heavy atom. The predicted octanol–water partition coefficient (Wildman–Crippen LogP) is 7.11. The van der Waals surface area contributed by atoms with Crippen LogP contribution in [0.1, 0.15) is 62.1 Å². The van der Waals surface area contributed by atoms with E-state index >= 15 is 0 Å². The smallest absolute Gasteiger partial charge is 0.249 e. The fourth-order valence-electron chi connectivity index (χ4n) is 7.07. The van der Waals surface area contributed by atoms with Crippen LogP contribution in [-0.2, 0) is 4.79 Å². The highest BCUT2D eigenvalue weighted by Gasteiger charge is 2.57. The molecule has 3 nitrogen and oxygen atoms in total. The summed E-state index contributed by atoms with van der Waals surface area (Å²) in [6.07, 6.45) is 8.02. The van der Waals surface area contributed by atoms with Crippen LogP contribution >= 0.6 is 31.9 Å². The summed E-state index contributed by atoms with van der Waals surface area (Å²) in [5, 5.41) is 6.88. The molecule has 5 aliphatic rings. The molecule has 1 atom stereocenters. The number of hydrogen-bond acceptors (Lipinski definition) is 2. The first kappa shape index (κ1) is 20.2. The Hall–Kier alpha value is -1.46. The van der Waals surface area contributed by atoms with Crippen LogP contribution in [0.5, 0.6) is 0 Å². The van der Waals surface area contributed by atoms with Crippen molar-refractivity contribution in [2.75, 3.05) is 0 Å². The molecule has 31 heavy (non-hydrogen) atoms. The quantitative estimate of drug-likeness (QED) is 0.407. The lowest BCUT2D eigenvalue weighted by Crippen LogP contribution is -2.53. The predicted molar refractivity (Wildman–Crippen MR) is 130 cm³/mol. The highest BCUT2D eigenvalue weighted by atomic mass is 79.9. The summed E-state index contributed by atoms with van der Waals surface area (Å²) >= 11 is 7.07. The number of carbonyl (C=O) groups excluding carboxylic acids is 1. The topological polar surface area (TPSA) is 32.7 Å². The molecule has 0 saturated heterocycles. The summed E-state index contributed by atoms with van der Waals surface area (Å²) < 4.78 is 2.11. The lowest BCUT2D eigenvalue weighted by Gasteiger charge is -2.56. The number of hydrogen-bond donors (Lipinski definition) is 0. The Kier molecular flexibility index (Phi) is 4.91. The first-order valence-electron chi connectivity index (χ1n) is 11.4. The normalized spacial score (nSPS) is 33.6. The largest absolute Gasteiger partial charge is 0.272 e. The van der Waals surface area contributed by atoms with Crippen molar-refractivity contribution in [3.05, 3.63) is 68.6 Å². The van der Waals surface area contributed by atoms with Crippen molar-refractivity contribution >= 4 is 43.5 Å². The molecule has 0 aromatic heterocycles. The average molecular weight is 542 g/mol. The first-order chi connectivity index (χ1) is 15.0. The number of amides is 1. The molecule has 0 unspecified atom stereocenters. The van der Waals surface area contributed by atoms with Crippen molar-refractivity contribution in [3.8, 4) is 0 Å². The number of halogens is 2. The number of carbonyl (C=O) groups is 1. The molecule has 1 heterocycles. The van der Waals surface area contributed by atoms with Gasteiger partial charge in [-0.2, -0.15) is 5.10 Å². The minimum Gasteiger partial charge on any atom is -0.272 e. The van der Waals surface area contributed by atoms with Gasteiger partial charge in [0.1, 0.15) is 0 Å². The van der Waals surface area contributed by atoms with Crippen LogP contribution in [0.4, 0.5) is 0 Å². The zero-order valence-electron chi connectivity index (χ0n) is 17.4. The summed E-state index contributed by atoms with van der Waals surface area (Å²) in [5.74, 6) is 2.53. The molecule has 0 N–H and O–H groups in total. The fraction of sp³-hybridized carbons (Fsp3) is 0.462. The zero-order chi connectivity index (χ0) is 21.2. The molecule has 4 bridgehead atoms. The van der Waals surface area contributed by atoms with E-state index in [4.69, 9.17) is 5.10 Å². The van der Waals surface area contributed by atoms with Crippen molar-refractivity contribution in [1.82, 2.24) is 5.01 Å². The van der Waals surface area contributed by atoms with E-state index in [1.54, 1.807) is 0 Å². The third-order valence-corrected chi connectivity index (χ3v) is 9.10. The van der Waals surface area contributed by atoms with E-state index in [2.05, 4.69) is 80.4 Å². The molecule has 2 aromatic carbocycles. The number of hydrazone groups is 1. The second kappa shape index (κ2) is 7.55. The second-order valence-corrected chi connectivity index (χ2v) is 12.0. The maximum atomic E-state index is 14.2. The molecule has 0 spiro atoms. The summed E-state index contributed by atoms with van der Waals surface area (Å²) in [6, 6.07) is 16.7. The Morgan fingerprint density at radius 1 is 0.839 bits per heavy atom. The number of nitrogens with zero attached hydrogens (tertiary/aromatic N) is 2. The lowest BCUT2D eigenvalue weighted by molar-refractivity contribution is -0.159. The van der Waals surface area contributed by atoms with Gasteiger partial charge in [-0.3, -0.25) is 4.79 Å². The van der Waals surface area contributed by atoms with Gasteiger partial charge in [-0.25, -0.2) is 5.01 Å². The van der Waals surface area contributed by atoms with Gasteiger partial charge in [0.05, 0.1) is 17.2 Å². The van der Waals surface area contributed by atoms with Crippen molar-refractivity contribution in [1.29, 1.82) is 0 Å². The summed E-state index contributed by atoms with van der Waals surface area (Å²) in [7, 11) is 0. The van der Waals surface area contributed by atoms with E-state index in [-0.39, 0.29) is 17.4 Å². The molecular weight excluding hydrogens is 516 g/mol. The van der Waals surface area contributed by atoms with Crippen LogP contribution in [-0.4, -0.2) is 16.6 Å². The van der Waals surface area contributed by atoms with E-state index < -0.39 is 0 Å². The van der Waals surface area contributed by atoms with E-state index in [1.807, 2.05) is 5.01 Å². The van der Waals surface area contributed by atoms with Crippen LogP contribution < -0.4 is 0 Å². The molecule has 5 heteroatoms. The van der Waals surface area contributed by atoms with E-state index in [0.717, 1.165) is 69.2 Å². The fourth-order valence-corrected chi connectivity index (χ4v) is 7.60. The minimum absolute atomic E-state index is 0.0211. The highest BCUT2D eigenvalue weighted by molar-refractivity contribution is 9.10. The average Bonchev–Trinajstić information content (AvgIpc) is 3.18. The SMILES string of the molecule is O=C(N1N=C(c2ccc(Br)cc2)C[C@@H]1c1ccc(Br)cc1)C12CC3CC(CC(C3)C1)C2. The van der Waals surface area contributed by atoms with Crippen molar-refractivity contribution in [2.24, 2.45) is 28.3 Å². The van der Waals surface area contributed by atoms with Crippen molar-refractivity contribution in [3.63, 3.8) is 0 Å². The van der Waals surface area contributed by atoms with Gasteiger partial charge in [0, 0.05) is 15.4 Å². The van der Waals surface area contributed by atoms with Gasteiger partial charge >= 0.3 is 0 Å². The Balaban J connectivity index is 1.37. The van der Waals surface area contributed by atoms with Gasteiger partial charge in [0.15, 0.2) is 0 Å². The molecule has 4 fully saturated rings. The number of rotatable bonds is 3. The third kappa shape index (κ3) is 3.52. The van der Waals surface area contributed by atoms with Crippen LogP contribution in [0.2, 0.25) is 0 Å². The van der Waals surface area contributed by atoms with Crippen LogP contribution in [0.25, 0.3) is 0 Å². The molecular formula is C26H26Br2N2O. The molecule has 7 rings (SSSR count). The first-order valence-corrected chi connectivity index (χ1v) is 13.0. The zero-order valence-corrected chi connectivity index (χ0v) is 20.6. The van der Waals surface area contributed by atoms with Gasteiger partial charge in [-0.1, -0.05) is 56.1 Å². The molecule has 1 aliphatic heterocycles. The Bertz CT molecular complexity index is 1010. The lowest BCUT2D eigenvalue weighted by atomic mass is 9.49. The molecule has 2 aromatic rings. The summed E-state index contributed by atoms with van der Waals surface area (Å²) in [6.45, 7) is 0. The highest BCUT2D eigenvalue weighted by Crippen LogP contribution is 2.61. The van der Waals surface area contributed by atoms with Crippen LogP contribution in [0, 0.1) is 23.2 Å². The van der Waals surface area contributed by atoms with Crippen LogP contribution in [0.15, 0.2) is 62.6 Å². The molecule has 160 valence electrons. The van der Waals surface area contributed by atoms with Gasteiger partial charge in [0.25, 0.3) is 0 Å². The number of benzene rings is 2. The van der Waals surface area contributed by atoms with Gasteiger partial charge in [-0.15, -0.1) is 0 Å². The molecule has 0 radical (unpaired) electrons. The van der Waals surface area contributed by atoms with Crippen molar-refractivity contribution < 1.29 is 4.79 Å². The standard InChI is InChI=1S/C26H26Br2N2O/c27-21-5-1-19(2-6-21)23-12-24(20-3-7-22(28)8-4-20)30(29-23)25(31)26-13-16-9-17(14-26)11-18(10-16)15-26/h1-8,16-18,24H,9-15H2/t16?,17?,18?,24-,26?/m1/s1. The third-order valence-electron chi connectivity index (χ3n) is 8.04. The molecule has 4 saturated carbocycles. The maximum Gasteiger partial charge on any atom is 0.249 e. The summed E-state index contributed by atoms with van der Waals surface area (Å²) in [5.41, 5.74) is 3.10. The van der Waals surface area contributed by atoms with Gasteiger partial charge in [-0.05, 0) is 91.7 Å². The monoisotopic (exact) mass is 540 g/mol. The Labute approximate surface area is 200 Å². The molecule has 1 amide bonds. The minimum atomic E-state index is -0.180. The van der Waals surface area contributed by atoms with Gasteiger partial charge < -0.3 is 0 Å². The van der Waals surface area contributed by atoms with Crippen LogP contribution in [0.3, 0.4) is 0 Å². The maximum absolute atomic E-state index is 14.2.